The highest BCUT2D eigenvalue weighted by Crippen LogP contribution is 2.21. The minimum Gasteiger partial charge on any atom is -0.467 e. The van der Waals surface area contributed by atoms with Crippen molar-refractivity contribution in [2.75, 3.05) is 11.9 Å². The maximum absolute atomic E-state index is 12.1. The maximum Gasteiger partial charge on any atom is 0.262 e. The average molecular weight is 382 g/mol. The maximum atomic E-state index is 12.1. The van der Waals surface area contributed by atoms with Gasteiger partial charge in [-0.2, -0.15) is 4.98 Å². The van der Waals surface area contributed by atoms with Gasteiger partial charge in [-0.05, 0) is 38.5 Å². The van der Waals surface area contributed by atoms with E-state index in [4.69, 9.17) is 16.3 Å². The van der Waals surface area contributed by atoms with Gasteiger partial charge in [0, 0.05) is 28.0 Å². The molecule has 6 heteroatoms. The summed E-state index contributed by atoms with van der Waals surface area (Å²) in [7, 11) is 0. The second-order valence-electron chi connectivity index (χ2n) is 6.34. The van der Waals surface area contributed by atoms with E-state index in [1.54, 1.807) is 18.2 Å². The fourth-order valence-corrected chi connectivity index (χ4v) is 2.63. The van der Waals surface area contributed by atoms with Gasteiger partial charge >= 0.3 is 0 Å². The van der Waals surface area contributed by atoms with Crippen LogP contribution < -0.4 is 10.1 Å². The fraction of sp³-hybridized carbons (Fsp3) is 0.190. The number of aromatic nitrogens is 2. The number of amides is 1. The lowest BCUT2D eigenvalue weighted by Gasteiger charge is -2.10. The lowest BCUT2D eigenvalue weighted by molar-refractivity contribution is -0.118. The third-order valence-corrected chi connectivity index (χ3v) is 4.35. The summed E-state index contributed by atoms with van der Waals surface area (Å²) < 4.78 is 5.56. The van der Waals surface area contributed by atoms with Gasteiger partial charge in [-0.25, -0.2) is 4.98 Å². The monoisotopic (exact) mass is 381 g/mol. The molecule has 0 bridgehead atoms. The highest BCUT2D eigenvalue weighted by atomic mass is 35.5. The number of rotatable bonds is 5. The first kappa shape index (κ1) is 18.9. The number of anilines is 1. The zero-order chi connectivity index (χ0) is 19.4. The molecule has 1 heterocycles. The van der Waals surface area contributed by atoms with Crippen LogP contribution in [0.4, 0.5) is 5.69 Å². The molecule has 2 aromatic carbocycles. The topological polar surface area (TPSA) is 64.1 Å². The van der Waals surface area contributed by atoms with Gasteiger partial charge in [-0.15, -0.1) is 0 Å². The fourth-order valence-electron chi connectivity index (χ4n) is 2.45. The smallest absolute Gasteiger partial charge is 0.262 e. The number of hydrogen-bond donors (Lipinski definition) is 1. The first-order valence-electron chi connectivity index (χ1n) is 8.52. The molecule has 1 amide bonds. The van der Waals surface area contributed by atoms with Crippen molar-refractivity contribution >= 4 is 23.2 Å². The van der Waals surface area contributed by atoms with E-state index in [0.29, 0.717) is 22.4 Å². The Labute approximate surface area is 163 Å². The van der Waals surface area contributed by atoms with E-state index < -0.39 is 0 Å². The molecular formula is C21H20ClN3O2. The summed E-state index contributed by atoms with van der Waals surface area (Å²) in [6, 6.07) is 15.0. The Morgan fingerprint density at radius 2 is 1.78 bits per heavy atom. The predicted molar refractivity (Wildman–Crippen MR) is 107 cm³/mol. The van der Waals surface area contributed by atoms with Crippen LogP contribution in [-0.2, 0) is 4.79 Å². The number of benzene rings is 2. The molecule has 1 aromatic heterocycles. The van der Waals surface area contributed by atoms with Gasteiger partial charge in [-0.3, -0.25) is 4.79 Å². The number of nitrogens with one attached hydrogen (secondary N) is 1. The van der Waals surface area contributed by atoms with Gasteiger partial charge in [0.2, 0.25) is 5.88 Å². The van der Waals surface area contributed by atoms with Gasteiger partial charge in [0.1, 0.15) is 0 Å². The van der Waals surface area contributed by atoms with Crippen molar-refractivity contribution in [2.24, 2.45) is 0 Å². The molecule has 0 saturated carbocycles. The van der Waals surface area contributed by atoms with Crippen LogP contribution >= 0.6 is 11.6 Å². The Kier molecular flexibility index (Phi) is 5.72. The van der Waals surface area contributed by atoms with Crippen LogP contribution in [-0.4, -0.2) is 22.5 Å². The SMILES string of the molecule is Cc1ccc(-c2nc(C)cc(OCC(=O)Nc3ccc(C)c(Cl)c3)n2)cc1. The standard InChI is InChI=1S/C21H20ClN3O2/c1-13-4-7-16(8-5-13)21-23-15(3)10-20(25-21)27-12-19(26)24-17-9-6-14(2)18(22)11-17/h4-11H,12H2,1-3H3,(H,24,26). The Balaban J connectivity index is 1.67. The predicted octanol–water partition coefficient (Wildman–Crippen LogP) is 4.74. The number of aryl methyl sites for hydroxylation is 3. The van der Waals surface area contributed by atoms with Gasteiger partial charge in [0.15, 0.2) is 12.4 Å². The van der Waals surface area contributed by atoms with Gasteiger partial charge in [0.05, 0.1) is 0 Å². The number of hydrogen-bond acceptors (Lipinski definition) is 4. The Hall–Kier alpha value is -2.92. The molecule has 5 nitrogen and oxygen atoms in total. The molecule has 0 saturated heterocycles. The molecule has 27 heavy (non-hydrogen) atoms. The quantitative estimate of drug-likeness (QED) is 0.693. The second-order valence-corrected chi connectivity index (χ2v) is 6.75. The van der Waals surface area contributed by atoms with Crippen LogP contribution in [0.15, 0.2) is 48.5 Å². The molecule has 3 rings (SSSR count). The molecule has 138 valence electrons. The molecule has 3 aromatic rings. The number of carbonyl (C=O) groups is 1. The number of carbonyl (C=O) groups excluding carboxylic acids is 1. The van der Waals surface area contributed by atoms with E-state index in [-0.39, 0.29) is 12.5 Å². The van der Waals surface area contributed by atoms with Crippen molar-refractivity contribution in [3.05, 3.63) is 70.4 Å². The lowest BCUT2D eigenvalue weighted by Crippen LogP contribution is -2.20. The number of ether oxygens (including phenoxy) is 1. The highest BCUT2D eigenvalue weighted by molar-refractivity contribution is 6.31. The van der Waals surface area contributed by atoms with Crippen molar-refractivity contribution in [3.8, 4) is 17.3 Å². The van der Waals surface area contributed by atoms with Crippen LogP contribution in [0.2, 0.25) is 5.02 Å². The summed E-state index contributed by atoms with van der Waals surface area (Å²) in [5, 5.41) is 3.36. The van der Waals surface area contributed by atoms with Crippen LogP contribution in [0, 0.1) is 20.8 Å². The third kappa shape index (κ3) is 5.05. The molecule has 0 aliphatic heterocycles. The van der Waals surface area contributed by atoms with Crippen LogP contribution in [0.5, 0.6) is 5.88 Å². The van der Waals surface area contributed by atoms with E-state index in [1.807, 2.05) is 51.1 Å². The van der Waals surface area contributed by atoms with Gasteiger partial charge < -0.3 is 10.1 Å². The normalized spacial score (nSPS) is 10.5. The first-order valence-corrected chi connectivity index (χ1v) is 8.90. The minimum atomic E-state index is -0.289. The lowest BCUT2D eigenvalue weighted by atomic mass is 10.1. The van der Waals surface area contributed by atoms with E-state index in [9.17, 15) is 4.79 Å². The van der Waals surface area contributed by atoms with E-state index >= 15 is 0 Å². The summed E-state index contributed by atoms with van der Waals surface area (Å²) in [4.78, 5) is 21.0. The largest absolute Gasteiger partial charge is 0.467 e. The van der Waals surface area contributed by atoms with Crippen LogP contribution in [0.25, 0.3) is 11.4 Å². The zero-order valence-corrected chi connectivity index (χ0v) is 16.2. The van der Waals surface area contributed by atoms with Gasteiger partial charge in [0.25, 0.3) is 5.91 Å². The molecule has 0 atom stereocenters. The van der Waals surface area contributed by atoms with Crippen molar-refractivity contribution in [1.82, 2.24) is 9.97 Å². The summed E-state index contributed by atoms with van der Waals surface area (Å²) in [6.07, 6.45) is 0. The first-order chi connectivity index (χ1) is 12.9. The van der Waals surface area contributed by atoms with Crippen molar-refractivity contribution in [3.63, 3.8) is 0 Å². The molecule has 0 aliphatic rings. The zero-order valence-electron chi connectivity index (χ0n) is 15.4. The van der Waals surface area contributed by atoms with E-state index in [2.05, 4.69) is 15.3 Å². The molecule has 1 N–H and O–H groups in total. The van der Waals surface area contributed by atoms with E-state index in [0.717, 1.165) is 22.4 Å². The molecule has 0 radical (unpaired) electrons. The van der Waals surface area contributed by atoms with Crippen LogP contribution in [0.1, 0.15) is 16.8 Å². The van der Waals surface area contributed by atoms with Crippen molar-refractivity contribution in [2.45, 2.75) is 20.8 Å². The summed E-state index contributed by atoms with van der Waals surface area (Å²) in [5.74, 6) is 0.633. The van der Waals surface area contributed by atoms with Crippen LogP contribution in [0.3, 0.4) is 0 Å². The Morgan fingerprint density at radius 1 is 1.04 bits per heavy atom. The summed E-state index contributed by atoms with van der Waals surface area (Å²) in [5.41, 5.74) is 4.40. The second kappa shape index (κ2) is 8.18. The summed E-state index contributed by atoms with van der Waals surface area (Å²) in [6.45, 7) is 5.63. The van der Waals surface area contributed by atoms with E-state index in [1.165, 1.54) is 0 Å². The average Bonchev–Trinajstić information content (AvgIpc) is 2.63. The molecule has 0 aliphatic carbocycles. The van der Waals surface area contributed by atoms with Crippen molar-refractivity contribution in [1.29, 1.82) is 0 Å². The number of nitrogens with zero attached hydrogens (tertiary/aromatic N) is 2. The minimum absolute atomic E-state index is 0.157. The molecule has 0 fully saturated rings. The Bertz CT molecular complexity index is 972. The highest BCUT2D eigenvalue weighted by Gasteiger charge is 2.09. The van der Waals surface area contributed by atoms with Gasteiger partial charge in [-0.1, -0.05) is 47.5 Å². The number of halogens is 1. The molecular weight excluding hydrogens is 362 g/mol. The molecule has 0 unspecified atom stereocenters. The van der Waals surface area contributed by atoms with Crippen molar-refractivity contribution < 1.29 is 9.53 Å². The summed E-state index contributed by atoms with van der Waals surface area (Å²) >= 11 is 6.07. The molecule has 0 spiro atoms. The Morgan fingerprint density at radius 3 is 2.48 bits per heavy atom. The third-order valence-electron chi connectivity index (χ3n) is 3.95.